The zero-order valence-electron chi connectivity index (χ0n) is 16.8. The van der Waals surface area contributed by atoms with Crippen molar-refractivity contribution in [3.05, 3.63) is 71.1 Å². The first-order chi connectivity index (χ1) is 14.7. The van der Waals surface area contributed by atoms with Gasteiger partial charge in [0, 0.05) is 16.5 Å². The number of aliphatic carboxylic acids is 1. The Kier molecular flexibility index (Phi) is 5.29. The zero-order valence-corrected chi connectivity index (χ0v) is 17.6. The summed E-state index contributed by atoms with van der Waals surface area (Å²) in [5.74, 6) is -1.06. The molecule has 0 aliphatic heterocycles. The number of halogens is 1. The van der Waals surface area contributed by atoms with Gasteiger partial charge in [0.15, 0.2) is 12.2 Å². The zero-order chi connectivity index (χ0) is 22.2. The molecule has 1 heterocycles. The number of nitrogens with one attached hydrogen (secondary N) is 1. The summed E-state index contributed by atoms with van der Waals surface area (Å²) in [4.78, 5) is 28.7. The van der Waals surface area contributed by atoms with E-state index in [0.29, 0.717) is 33.1 Å². The molecule has 0 fully saturated rings. The number of hydrogen-bond acceptors (Lipinski definition) is 5. The summed E-state index contributed by atoms with van der Waals surface area (Å²) in [6.45, 7) is 2.80. The van der Waals surface area contributed by atoms with Crippen molar-refractivity contribution in [3.8, 4) is 5.75 Å². The molecule has 4 aromatic rings. The van der Waals surface area contributed by atoms with Crippen LogP contribution in [0.25, 0.3) is 21.9 Å². The van der Waals surface area contributed by atoms with Gasteiger partial charge in [-0.05, 0) is 37.4 Å². The highest BCUT2D eigenvalue weighted by Crippen LogP contribution is 2.31. The van der Waals surface area contributed by atoms with Crippen LogP contribution in [0.5, 0.6) is 5.75 Å². The Morgan fingerprint density at radius 3 is 2.71 bits per heavy atom. The lowest BCUT2D eigenvalue weighted by atomic mass is 10.0. The molecule has 0 atom stereocenters. The first-order valence-corrected chi connectivity index (χ1v) is 9.88. The molecule has 0 bridgehead atoms. The van der Waals surface area contributed by atoms with Gasteiger partial charge in [0.05, 0.1) is 5.56 Å². The minimum atomic E-state index is -1.44. The molecular weight excluding hydrogens is 420 g/mol. The highest BCUT2D eigenvalue weighted by atomic mass is 35.5. The number of benzene rings is 3. The third kappa shape index (κ3) is 4.18. The van der Waals surface area contributed by atoms with E-state index in [0.717, 1.165) is 5.39 Å². The summed E-state index contributed by atoms with van der Waals surface area (Å²) in [5.41, 5.74) is -0.0565. The third-order valence-electron chi connectivity index (χ3n) is 4.82. The lowest BCUT2D eigenvalue weighted by Gasteiger charge is -2.22. The lowest BCUT2D eigenvalue weighted by Crippen LogP contribution is -2.49. The number of carboxylic acid groups (broad SMARTS) is 1. The number of rotatable bonds is 6. The monoisotopic (exact) mass is 438 g/mol. The smallest absolute Gasteiger partial charge is 0.328 e. The average molecular weight is 439 g/mol. The van der Waals surface area contributed by atoms with E-state index in [1.807, 2.05) is 24.3 Å². The van der Waals surface area contributed by atoms with Gasteiger partial charge >= 0.3 is 5.97 Å². The summed E-state index contributed by atoms with van der Waals surface area (Å²) in [5, 5.41) is 14.0. The topological polar surface area (TPSA) is 102 Å². The minimum Gasteiger partial charge on any atom is -0.482 e. The van der Waals surface area contributed by atoms with Gasteiger partial charge in [-0.3, -0.25) is 4.79 Å². The summed E-state index contributed by atoms with van der Waals surface area (Å²) >= 11 is 5.99. The van der Waals surface area contributed by atoms with Gasteiger partial charge in [0.1, 0.15) is 16.8 Å². The van der Waals surface area contributed by atoms with Gasteiger partial charge in [-0.2, -0.15) is 0 Å². The number of hydrogen-bond donors (Lipinski definition) is 2. The lowest BCUT2D eigenvalue weighted by molar-refractivity contribution is -0.143. The van der Waals surface area contributed by atoms with Crippen LogP contribution in [0.4, 0.5) is 0 Å². The SMILES string of the molecule is CC(C)(NC(=O)c1ccc2ccccc2c1OCc1nc2ccc(Cl)cc2o1)C(=O)O. The molecule has 3 aromatic carbocycles. The molecule has 0 spiro atoms. The third-order valence-corrected chi connectivity index (χ3v) is 5.05. The van der Waals surface area contributed by atoms with E-state index in [1.165, 1.54) is 13.8 Å². The number of carbonyl (C=O) groups is 2. The van der Waals surface area contributed by atoms with Crippen LogP contribution < -0.4 is 10.1 Å². The molecule has 1 aromatic heterocycles. The molecule has 2 N–H and O–H groups in total. The van der Waals surface area contributed by atoms with Crippen LogP contribution in [-0.2, 0) is 11.4 Å². The summed E-state index contributed by atoms with van der Waals surface area (Å²) in [6.07, 6.45) is 0. The molecule has 0 saturated heterocycles. The quantitative estimate of drug-likeness (QED) is 0.448. The van der Waals surface area contributed by atoms with E-state index < -0.39 is 17.4 Å². The van der Waals surface area contributed by atoms with Crippen molar-refractivity contribution >= 4 is 45.3 Å². The van der Waals surface area contributed by atoms with E-state index in [4.69, 9.17) is 20.8 Å². The van der Waals surface area contributed by atoms with E-state index in [-0.39, 0.29) is 12.2 Å². The van der Waals surface area contributed by atoms with Gasteiger partial charge in [-0.1, -0.05) is 41.9 Å². The fraction of sp³-hybridized carbons (Fsp3) is 0.174. The van der Waals surface area contributed by atoms with E-state index in [9.17, 15) is 14.7 Å². The van der Waals surface area contributed by atoms with Crippen molar-refractivity contribution in [2.24, 2.45) is 0 Å². The van der Waals surface area contributed by atoms with Crippen LogP contribution in [0, 0.1) is 0 Å². The predicted octanol–water partition coefficient (Wildman–Crippen LogP) is 4.81. The van der Waals surface area contributed by atoms with Crippen molar-refractivity contribution in [2.75, 3.05) is 0 Å². The van der Waals surface area contributed by atoms with Crippen LogP contribution in [-0.4, -0.2) is 27.5 Å². The number of nitrogens with zero attached hydrogens (tertiary/aromatic N) is 1. The standard InChI is InChI=1S/C23H19ClN2O5/c1-23(2,22(28)29)26-21(27)16-9-7-13-5-3-4-6-15(13)20(16)30-12-19-25-17-10-8-14(24)11-18(17)31-19/h3-11H,12H2,1-2H3,(H,26,27)(H,28,29). The Labute approximate surface area is 182 Å². The molecule has 1 amide bonds. The second-order valence-electron chi connectivity index (χ2n) is 7.56. The van der Waals surface area contributed by atoms with Gasteiger partial charge < -0.3 is 19.6 Å². The predicted molar refractivity (Wildman–Crippen MR) is 116 cm³/mol. The van der Waals surface area contributed by atoms with Gasteiger partial charge in [0.25, 0.3) is 5.91 Å². The molecule has 31 heavy (non-hydrogen) atoms. The van der Waals surface area contributed by atoms with Gasteiger partial charge in [-0.15, -0.1) is 0 Å². The molecule has 0 aliphatic carbocycles. The average Bonchev–Trinajstić information content (AvgIpc) is 3.13. The molecule has 0 unspecified atom stereocenters. The van der Waals surface area contributed by atoms with Gasteiger partial charge in [0.2, 0.25) is 5.89 Å². The Balaban J connectivity index is 1.69. The summed E-state index contributed by atoms with van der Waals surface area (Å²) < 4.78 is 11.7. The summed E-state index contributed by atoms with van der Waals surface area (Å²) in [7, 11) is 0. The fourth-order valence-electron chi connectivity index (χ4n) is 3.12. The van der Waals surface area contributed by atoms with Crippen LogP contribution >= 0.6 is 11.6 Å². The van der Waals surface area contributed by atoms with E-state index >= 15 is 0 Å². The van der Waals surface area contributed by atoms with Crippen molar-refractivity contribution in [1.82, 2.24) is 10.3 Å². The highest BCUT2D eigenvalue weighted by Gasteiger charge is 2.30. The van der Waals surface area contributed by atoms with Crippen molar-refractivity contribution in [2.45, 2.75) is 26.0 Å². The maximum atomic E-state index is 12.9. The number of carboxylic acids is 1. The van der Waals surface area contributed by atoms with Crippen molar-refractivity contribution in [1.29, 1.82) is 0 Å². The minimum absolute atomic E-state index is 0.0249. The second-order valence-corrected chi connectivity index (χ2v) is 7.99. The van der Waals surface area contributed by atoms with Crippen LogP contribution in [0.15, 0.2) is 59.0 Å². The molecule has 0 saturated carbocycles. The Morgan fingerprint density at radius 1 is 1.16 bits per heavy atom. The van der Waals surface area contributed by atoms with Crippen LogP contribution in [0.3, 0.4) is 0 Å². The first kappa shape index (κ1) is 20.7. The summed E-state index contributed by atoms with van der Waals surface area (Å²) in [6, 6.07) is 16.0. The Bertz CT molecular complexity index is 1310. The maximum absolute atomic E-state index is 12.9. The highest BCUT2D eigenvalue weighted by molar-refractivity contribution is 6.31. The normalized spacial score (nSPS) is 11.6. The number of oxazole rings is 1. The first-order valence-electron chi connectivity index (χ1n) is 9.50. The maximum Gasteiger partial charge on any atom is 0.328 e. The molecule has 4 rings (SSSR count). The number of fused-ring (bicyclic) bond motifs is 2. The van der Waals surface area contributed by atoms with Gasteiger partial charge in [-0.25, -0.2) is 9.78 Å². The Morgan fingerprint density at radius 2 is 1.94 bits per heavy atom. The molecular formula is C23H19ClN2O5. The van der Waals surface area contributed by atoms with Crippen LogP contribution in [0.1, 0.15) is 30.1 Å². The fourth-order valence-corrected chi connectivity index (χ4v) is 3.29. The Hall–Kier alpha value is -3.58. The molecule has 158 valence electrons. The van der Waals surface area contributed by atoms with Crippen molar-refractivity contribution < 1.29 is 23.8 Å². The number of aromatic nitrogens is 1. The second kappa shape index (κ2) is 7.92. The van der Waals surface area contributed by atoms with Crippen molar-refractivity contribution in [3.63, 3.8) is 0 Å². The number of carbonyl (C=O) groups excluding carboxylic acids is 1. The van der Waals surface area contributed by atoms with E-state index in [1.54, 1.807) is 30.3 Å². The number of ether oxygens (including phenoxy) is 1. The van der Waals surface area contributed by atoms with E-state index in [2.05, 4.69) is 10.3 Å². The largest absolute Gasteiger partial charge is 0.482 e. The van der Waals surface area contributed by atoms with Crippen LogP contribution in [0.2, 0.25) is 5.02 Å². The molecule has 0 aliphatic rings. The number of amides is 1. The molecule has 7 nitrogen and oxygen atoms in total. The molecule has 0 radical (unpaired) electrons. The molecule has 8 heteroatoms.